The summed E-state index contributed by atoms with van der Waals surface area (Å²) in [4.78, 5) is 9.18. The van der Waals surface area contributed by atoms with E-state index in [1.54, 1.807) is 6.92 Å². The van der Waals surface area contributed by atoms with Crippen LogP contribution < -0.4 is 0 Å². The van der Waals surface area contributed by atoms with Gasteiger partial charge in [-0.25, -0.2) is 0 Å². The zero-order valence-corrected chi connectivity index (χ0v) is 20.1. The molecule has 0 aliphatic rings. The van der Waals surface area contributed by atoms with E-state index in [4.69, 9.17) is 4.43 Å². The molecule has 1 heterocycles. The molecule has 152 valence electrons. The maximum absolute atomic E-state index is 9.18. The van der Waals surface area contributed by atoms with Gasteiger partial charge in [0.1, 0.15) is 0 Å². The normalized spacial score (nSPS) is 11.8. The highest BCUT2D eigenvalue weighted by atomic mass is 79.9. The zero-order chi connectivity index (χ0) is 20.5. The summed E-state index contributed by atoms with van der Waals surface area (Å²) in [6.45, 7) is 16.1. The number of hydrogen-bond acceptors (Lipinski definition) is 3. The van der Waals surface area contributed by atoms with Gasteiger partial charge in [-0.3, -0.25) is 4.79 Å². The number of carbonyl (C=O) groups excluding carboxylic acids is 1. The average Bonchev–Trinajstić information content (AvgIpc) is 2.97. The molecular formula is C21H34BrNO3Si. The summed E-state index contributed by atoms with van der Waals surface area (Å²) in [7, 11) is -1.58. The molecule has 0 amide bonds. The van der Waals surface area contributed by atoms with Crippen LogP contribution in [0.15, 0.2) is 34.9 Å². The number of hydrogen-bond donors (Lipinski definition) is 0. The van der Waals surface area contributed by atoms with E-state index in [9.17, 15) is 4.79 Å². The number of fused-ring (bicyclic) bond motifs is 1. The van der Waals surface area contributed by atoms with Gasteiger partial charge in [-0.1, -0.05) is 36.7 Å². The Morgan fingerprint density at radius 1 is 1.19 bits per heavy atom. The Kier molecular flexibility index (Phi) is 9.77. The van der Waals surface area contributed by atoms with Crippen LogP contribution in [0.4, 0.5) is 0 Å². The van der Waals surface area contributed by atoms with Crippen molar-refractivity contribution in [2.75, 3.05) is 13.2 Å². The second-order valence-electron chi connectivity index (χ2n) is 8.08. The van der Waals surface area contributed by atoms with Gasteiger partial charge in [0.15, 0.2) is 8.32 Å². The molecule has 0 N–H and O–H groups in total. The smallest absolute Gasteiger partial charge is 0.293 e. The van der Waals surface area contributed by atoms with Crippen LogP contribution in [0.5, 0.6) is 0 Å². The van der Waals surface area contributed by atoms with Crippen molar-refractivity contribution in [1.82, 2.24) is 4.57 Å². The van der Waals surface area contributed by atoms with Crippen LogP contribution >= 0.6 is 15.9 Å². The Bertz CT molecular complexity index is 707. The molecule has 0 saturated carbocycles. The summed E-state index contributed by atoms with van der Waals surface area (Å²) >= 11 is 3.53. The predicted octanol–water partition coefficient (Wildman–Crippen LogP) is 6.39. The summed E-state index contributed by atoms with van der Waals surface area (Å²) < 4.78 is 13.9. The zero-order valence-electron chi connectivity index (χ0n) is 17.5. The first-order valence-corrected chi connectivity index (χ1v) is 13.3. The van der Waals surface area contributed by atoms with E-state index < -0.39 is 8.32 Å². The van der Waals surface area contributed by atoms with Crippen LogP contribution in [0.2, 0.25) is 18.1 Å². The van der Waals surface area contributed by atoms with Crippen molar-refractivity contribution < 1.29 is 14.0 Å². The van der Waals surface area contributed by atoms with Gasteiger partial charge >= 0.3 is 0 Å². The number of benzene rings is 1. The number of halogens is 1. The maximum Gasteiger partial charge on any atom is 0.293 e. The van der Waals surface area contributed by atoms with Gasteiger partial charge in [0.25, 0.3) is 6.47 Å². The van der Waals surface area contributed by atoms with Crippen LogP contribution in [-0.4, -0.2) is 32.6 Å². The molecule has 0 aliphatic carbocycles. The van der Waals surface area contributed by atoms with E-state index >= 15 is 0 Å². The lowest BCUT2D eigenvalue weighted by Gasteiger charge is -2.36. The standard InChI is InChI=1S/C18H28BrNOSi.C3H6O2/c1-18(2,3)22(4,5)21-13-7-6-11-20-12-10-15-14-16(19)8-9-17(15)20;1-2-5-3-4/h8-10,12,14H,6-7,11,13H2,1-5H3;3H,2H2,1H3. The SMILES string of the molecule is CC(C)(C)[Si](C)(C)OCCCCn1ccc2cc(Br)ccc21.CCOC=O. The van der Waals surface area contributed by atoms with Crippen LogP contribution in [0.1, 0.15) is 40.5 Å². The largest absolute Gasteiger partial charge is 0.468 e. The average molecular weight is 456 g/mol. The van der Waals surface area contributed by atoms with Gasteiger partial charge < -0.3 is 13.7 Å². The number of carbonyl (C=O) groups is 1. The monoisotopic (exact) mass is 455 g/mol. The van der Waals surface area contributed by atoms with Crippen molar-refractivity contribution in [1.29, 1.82) is 0 Å². The van der Waals surface area contributed by atoms with Crippen molar-refractivity contribution in [2.45, 2.75) is 65.2 Å². The molecule has 6 heteroatoms. The summed E-state index contributed by atoms with van der Waals surface area (Å²) in [6, 6.07) is 8.66. The van der Waals surface area contributed by atoms with E-state index in [0.717, 1.165) is 30.5 Å². The molecule has 2 rings (SSSR count). The molecule has 0 atom stereocenters. The van der Waals surface area contributed by atoms with E-state index in [0.29, 0.717) is 18.1 Å². The third-order valence-electron chi connectivity index (χ3n) is 5.03. The molecule has 4 nitrogen and oxygen atoms in total. The molecule has 0 saturated heterocycles. The molecule has 27 heavy (non-hydrogen) atoms. The van der Waals surface area contributed by atoms with Crippen LogP contribution in [0, 0.1) is 0 Å². The highest BCUT2D eigenvalue weighted by Gasteiger charge is 2.36. The number of unbranched alkanes of at least 4 members (excludes halogenated alkanes) is 1. The van der Waals surface area contributed by atoms with E-state index in [1.807, 2.05) is 0 Å². The number of aromatic nitrogens is 1. The molecule has 0 spiro atoms. The molecule has 0 aliphatic heterocycles. The van der Waals surface area contributed by atoms with Gasteiger partial charge in [0.05, 0.1) is 6.61 Å². The summed E-state index contributed by atoms with van der Waals surface area (Å²) in [5.41, 5.74) is 1.31. The number of nitrogens with zero attached hydrogens (tertiary/aromatic N) is 1. The van der Waals surface area contributed by atoms with E-state index in [1.165, 1.54) is 10.9 Å². The van der Waals surface area contributed by atoms with E-state index in [-0.39, 0.29) is 0 Å². The van der Waals surface area contributed by atoms with Gasteiger partial charge in [-0.2, -0.15) is 0 Å². The number of aryl methyl sites for hydroxylation is 1. The van der Waals surface area contributed by atoms with Crippen molar-refractivity contribution in [3.05, 3.63) is 34.9 Å². The summed E-state index contributed by atoms with van der Waals surface area (Å²) in [6.07, 6.45) is 4.48. The Balaban J connectivity index is 0.000000646. The van der Waals surface area contributed by atoms with Crippen molar-refractivity contribution in [3.63, 3.8) is 0 Å². The maximum atomic E-state index is 9.18. The summed E-state index contributed by atoms with van der Waals surface area (Å²) in [5.74, 6) is 0. The minimum atomic E-state index is -1.58. The fourth-order valence-electron chi connectivity index (χ4n) is 2.36. The third kappa shape index (κ3) is 7.80. The topological polar surface area (TPSA) is 40.5 Å². The molecule has 0 unspecified atom stereocenters. The lowest BCUT2D eigenvalue weighted by molar-refractivity contribution is -0.128. The molecule has 0 fully saturated rings. The minimum absolute atomic E-state index is 0.303. The molecule has 1 aromatic carbocycles. The number of ether oxygens (including phenoxy) is 1. The quantitative estimate of drug-likeness (QED) is 0.263. The van der Waals surface area contributed by atoms with Crippen molar-refractivity contribution in [3.8, 4) is 0 Å². The Morgan fingerprint density at radius 3 is 2.44 bits per heavy atom. The molecular weight excluding hydrogens is 422 g/mol. The van der Waals surface area contributed by atoms with Gasteiger partial charge in [-0.15, -0.1) is 0 Å². The number of rotatable bonds is 8. The van der Waals surface area contributed by atoms with Crippen molar-refractivity contribution >= 4 is 41.6 Å². The summed E-state index contributed by atoms with van der Waals surface area (Å²) in [5, 5.41) is 1.60. The molecule has 1 aromatic heterocycles. The second-order valence-corrected chi connectivity index (χ2v) is 13.8. The predicted molar refractivity (Wildman–Crippen MR) is 120 cm³/mol. The van der Waals surface area contributed by atoms with Gasteiger partial charge in [0.2, 0.25) is 0 Å². The fraction of sp³-hybridized carbons (Fsp3) is 0.571. The molecule has 0 bridgehead atoms. The first-order valence-electron chi connectivity index (χ1n) is 9.56. The van der Waals surface area contributed by atoms with Crippen LogP contribution in [0.3, 0.4) is 0 Å². The van der Waals surface area contributed by atoms with Gasteiger partial charge in [-0.05, 0) is 62.2 Å². The Hall–Kier alpha value is -1.11. The lowest BCUT2D eigenvalue weighted by atomic mass is 10.2. The Labute approximate surface area is 173 Å². The first kappa shape index (κ1) is 23.9. The highest BCUT2D eigenvalue weighted by molar-refractivity contribution is 9.10. The first-order chi connectivity index (χ1) is 12.6. The van der Waals surface area contributed by atoms with Gasteiger partial charge in [0, 0.05) is 34.7 Å². The van der Waals surface area contributed by atoms with Crippen LogP contribution in [0.25, 0.3) is 10.9 Å². The molecule has 0 radical (unpaired) electrons. The second kappa shape index (κ2) is 11.0. The minimum Gasteiger partial charge on any atom is -0.468 e. The molecule has 2 aromatic rings. The Morgan fingerprint density at radius 2 is 1.89 bits per heavy atom. The fourth-order valence-corrected chi connectivity index (χ4v) is 3.83. The highest BCUT2D eigenvalue weighted by Crippen LogP contribution is 2.36. The third-order valence-corrected chi connectivity index (χ3v) is 10.1. The lowest BCUT2D eigenvalue weighted by Crippen LogP contribution is -2.40. The van der Waals surface area contributed by atoms with Crippen molar-refractivity contribution in [2.24, 2.45) is 0 Å². The van der Waals surface area contributed by atoms with Crippen LogP contribution in [-0.2, 0) is 20.5 Å². The van der Waals surface area contributed by atoms with E-state index in [2.05, 4.69) is 89.6 Å².